The van der Waals surface area contributed by atoms with Crippen LogP contribution in [0.4, 0.5) is 4.79 Å². The number of carbonyl (C=O) groups is 2. The van der Waals surface area contributed by atoms with E-state index < -0.39 is 13.9 Å². The Kier molecular flexibility index (Phi) is 6.88. The van der Waals surface area contributed by atoms with Gasteiger partial charge in [-0.3, -0.25) is 4.79 Å². The van der Waals surface area contributed by atoms with Crippen LogP contribution in [0.5, 0.6) is 5.75 Å². The second-order valence-electron chi connectivity index (χ2n) is 10.5. The number of hydrogen-bond donors (Lipinski definition) is 0. The van der Waals surface area contributed by atoms with Crippen LogP contribution in [0, 0.1) is 5.92 Å². The Morgan fingerprint density at radius 1 is 1.07 bits per heavy atom. The highest BCUT2D eigenvalue weighted by Gasteiger charge is 2.40. The van der Waals surface area contributed by atoms with Gasteiger partial charge in [0.2, 0.25) is 0 Å². The number of likely N-dealkylation sites (tertiary alicyclic amines) is 1. The van der Waals surface area contributed by atoms with Crippen LogP contribution >= 0.6 is 0 Å². The fraction of sp³-hybridized carbons (Fsp3) is 0.652. The Hall–Kier alpha value is -1.82. The van der Waals surface area contributed by atoms with E-state index in [9.17, 15) is 9.59 Å². The number of ether oxygens (including phenoxy) is 1. The van der Waals surface area contributed by atoms with Crippen molar-refractivity contribution in [1.29, 1.82) is 0 Å². The first-order valence-corrected chi connectivity index (χ1v) is 13.4. The van der Waals surface area contributed by atoms with Gasteiger partial charge in [0, 0.05) is 19.0 Å². The van der Waals surface area contributed by atoms with Gasteiger partial charge in [0.1, 0.15) is 11.4 Å². The van der Waals surface area contributed by atoms with Crippen molar-refractivity contribution in [3.05, 3.63) is 29.8 Å². The van der Waals surface area contributed by atoms with Crippen molar-refractivity contribution < 1.29 is 18.8 Å². The second-order valence-corrected chi connectivity index (χ2v) is 15.2. The van der Waals surface area contributed by atoms with Crippen molar-refractivity contribution in [2.24, 2.45) is 5.92 Å². The third-order valence-corrected chi connectivity index (χ3v) is 10.1. The zero-order chi connectivity index (χ0) is 22.0. The summed E-state index contributed by atoms with van der Waals surface area (Å²) in [4.78, 5) is 27.5. The Morgan fingerprint density at radius 3 is 2.28 bits per heavy atom. The molecule has 1 aromatic rings. The number of amides is 1. The molecule has 1 atom stereocenters. The number of benzene rings is 1. The summed E-state index contributed by atoms with van der Waals surface area (Å²) < 4.78 is 12.0. The predicted molar refractivity (Wildman–Crippen MR) is 119 cm³/mol. The van der Waals surface area contributed by atoms with E-state index >= 15 is 0 Å². The highest BCUT2D eigenvalue weighted by molar-refractivity contribution is 6.74. The molecule has 1 aliphatic rings. The molecule has 2 rings (SSSR count). The van der Waals surface area contributed by atoms with Gasteiger partial charge in [-0.15, -0.1) is 0 Å². The average molecular weight is 420 g/mol. The van der Waals surface area contributed by atoms with E-state index in [0.29, 0.717) is 24.4 Å². The standard InChI is InChI=1S/C23H37NO4Si/c1-22(2,3)27-21(26)24-15-11-12-17(16-24)20(25)18-13-9-10-14-19(18)28-29(7,8)23(4,5)6/h9-10,13-14,17H,11-12,15-16H2,1-8H3/t17-/m1/s1. The van der Waals surface area contributed by atoms with Gasteiger partial charge in [-0.05, 0) is 63.9 Å². The van der Waals surface area contributed by atoms with E-state index in [1.54, 1.807) is 4.90 Å². The first-order chi connectivity index (χ1) is 13.2. The normalized spacial score (nSPS) is 18.3. The zero-order valence-electron chi connectivity index (χ0n) is 19.3. The molecule has 0 saturated carbocycles. The van der Waals surface area contributed by atoms with Crippen LogP contribution in [0.15, 0.2) is 24.3 Å². The summed E-state index contributed by atoms with van der Waals surface area (Å²) in [6.45, 7) is 17.5. The molecule has 0 spiro atoms. The van der Waals surface area contributed by atoms with Crippen LogP contribution in [0.3, 0.4) is 0 Å². The molecule has 0 unspecified atom stereocenters. The van der Waals surface area contributed by atoms with Crippen molar-refractivity contribution in [3.63, 3.8) is 0 Å². The molecular formula is C23H37NO4Si. The van der Waals surface area contributed by atoms with E-state index in [1.807, 2.05) is 45.0 Å². The van der Waals surface area contributed by atoms with E-state index in [4.69, 9.17) is 9.16 Å². The molecule has 0 aromatic heterocycles. The number of para-hydroxylation sites is 1. The number of nitrogens with zero attached hydrogens (tertiary/aromatic N) is 1. The Balaban J connectivity index is 2.19. The molecule has 29 heavy (non-hydrogen) atoms. The number of ketones is 1. The highest BCUT2D eigenvalue weighted by atomic mass is 28.4. The van der Waals surface area contributed by atoms with Gasteiger partial charge in [0.15, 0.2) is 5.78 Å². The van der Waals surface area contributed by atoms with Crippen LogP contribution in [0.1, 0.15) is 64.7 Å². The minimum Gasteiger partial charge on any atom is -0.543 e. The second kappa shape index (κ2) is 8.50. The van der Waals surface area contributed by atoms with Gasteiger partial charge in [-0.1, -0.05) is 32.9 Å². The summed E-state index contributed by atoms with van der Waals surface area (Å²) in [5.74, 6) is 0.478. The molecule has 5 nitrogen and oxygen atoms in total. The molecule has 0 radical (unpaired) electrons. The van der Waals surface area contributed by atoms with Crippen LogP contribution < -0.4 is 4.43 Å². The van der Waals surface area contributed by atoms with Crippen molar-refractivity contribution in [2.75, 3.05) is 13.1 Å². The third kappa shape index (κ3) is 6.08. The summed E-state index contributed by atoms with van der Waals surface area (Å²) in [5.41, 5.74) is 0.0748. The summed E-state index contributed by atoms with van der Waals surface area (Å²) in [7, 11) is -2.07. The maximum absolute atomic E-state index is 13.4. The number of piperidine rings is 1. The van der Waals surface area contributed by atoms with Crippen LogP contribution in [-0.2, 0) is 4.74 Å². The summed E-state index contributed by atoms with van der Waals surface area (Å²) in [6.07, 6.45) is 1.22. The SMILES string of the molecule is CC(C)(C)OC(=O)N1CCC[C@@H](C(=O)c2ccccc2O[Si](C)(C)C(C)(C)C)C1. The molecule has 1 amide bonds. The van der Waals surface area contributed by atoms with Crippen molar-refractivity contribution >= 4 is 20.2 Å². The van der Waals surface area contributed by atoms with Crippen molar-refractivity contribution in [1.82, 2.24) is 4.90 Å². The Morgan fingerprint density at radius 2 is 1.69 bits per heavy atom. The lowest BCUT2D eigenvalue weighted by Gasteiger charge is -2.37. The molecule has 1 heterocycles. The number of Topliss-reactive ketones (excluding diaryl/α,β-unsaturated/α-hetero) is 1. The molecule has 1 aromatic carbocycles. The predicted octanol–water partition coefficient (Wildman–Crippen LogP) is 5.90. The van der Waals surface area contributed by atoms with E-state index in [-0.39, 0.29) is 22.8 Å². The average Bonchev–Trinajstić information content (AvgIpc) is 2.59. The van der Waals surface area contributed by atoms with E-state index in [2.05, 4.69) is 33.9 Å². The highest BCUT2D eigenvalue weighted by Crippen LogP contribution is 2.38. The van der Waals surface area contributed by atoms with Gasteiger partial charge in [-0.25, -0.2) is 4.79 Å². The summed E-state index contributed by atoms with van der Waals surface area (Å²) in [5, 5.41) is 0.0432. The minimum atomic E-state index is -2.07. The number of rotatable bonds is 4. The molecule has 0 bridgehead atoms. The molecule has 0 N–H and O–H groups in total. The molecular weight excluding hydrogens is 382 g/mol. The number of hydrogen-bond acceptors (Lipinski definition) is 4. The lowest BCUT2D eigenvalue weighted by Crippen LogP contribution is -2.45. The van der Waals surface area contributed by atoms with Crippen LogP contribution in [0.25, 0.3) is 0 Å². The number of carbonyl (C=O) groups excluding carboxylic acids is 2. The Labute approximate surface area is 176 Å². The molecule has 1 aliphatic heterocycles. The maximum Gasteiger partial charge on any atom is 0.410 e. The van der Waals surface area contributed by atoms with Crippen molar-refractivity contribution in [2.45, 2.75) is 78.1 Å². The molecule has 162 valence electrons. The fourth-order valence-corrected chi connectivity index (χ4v) is 4.12. The first-order valence-electron chi connectivity index (χ1n) is 10.5. The van der Waals surface area contributed by atoms with E-state index in [1.165, 1.54) is 0 Å². The largest absolute Gasteiger partial charge is 0.543 e. The van der Waals surface area contributed by atoms with Crippen LogP contribution in [0.2, 0.25) is 18.1 Å². The topological polar surface area (TPSA) is 55.8 Å². The van der Waals surface area contributed by atoms with Gasteiger partial charge in [0.25, 0.3) is 8.32 Å². The van der Waals surface area contributed by atoms with E-state index in [0.717, 1.165) is 12.8 Å². The minimum absolute atomic E-state index is 0.0432. The summed E-state index contributed by atoms with van der Waals surface area (Å²) >= 11 is 0. The first kappa shape index (κ1) is 23.5. The van der Waals surface area contributed by atoms with Gasteiger partial charge >= 0.3 is 6.09 Å². The van der Waals surface area contributed by atoms with Gasteiger partial charge in [0.05, 0.1) is 5.56 Å². The monoisotopic (exact) mass is 419 g/mol. The van der Waals surface area contributed by atoms with Crippen LogP contribution in [-0.4, -0.2) is 43.8 Å². The van der Waals surface area contributed by atoms with Crippen molar-refractivity contribution in [3.8, 4) is 5.75 Å². The smallest absolute Gasteiger partial charge is 0.410 e. The third-order valence-electron chi connectivity index (χ3n) is 5.77. The molecule has 6 heteroatoms. The Bertz CT molecular complexity index is 746. The molecule has 1 saturated heterocycles. The maximum atomic E-state index is 13.4. The fourth-order valence-electron chi connectivity index (χ4n) is 3.09. The molecule has 1 fully saturated rings. The lowest BCUT2D eigenvalue weighted by molar-refractivity contribution is 0.0172. The zero-order valence-corrected chi connectivity index (χ0v) is 20.3. The quantitative estimate of drug-likeness (QED) is 0.450. The lowest BCUT2D eigenvalue weighted by atomic mass is 9.90. The molecule has 0 aliphatic carbocycles. The summed E-state index contributed by atoms with van der Waals surface area (Å²) in [6, 6.07) is 7.52. The van der Waals surface area contributed by atoms with Gasteiger partial charge < -0.3 is 14.1 Å². The van der Waals surface area contributed by atoms with Gasteiger partial charge in [-0.2, -0.15) is 0 Å².